The third-order valence-corrected chi connectivity index (χ3v) is 1.94. The molecule has 76 valence electrons. The Hall–Kier alpha value is -1.55. The number of aryl methyl sites for hydroxylation is 1. The van der Waals surface area contributed by atoms with Gasteiger partial charge in [-0.15, -0.1) is 0 Å². The van der Waals surface area contributed by atoms with E-state index >= 15 is 0 Å². The number of hydroxylamine groups is 2. The fraction of sp³-hybridized carbons (Fsp3) is 0.300. The molecule has 0 aromatic heterocycles. The molecule has 0 aliphatic rings. The summed E-state index contributed by atoms with van der Waals surface area (Å²) in [6.07, 6.45) is 0. The zero-order valence-corrected chi connectivity index (χ0v) is 8.40. The van der Waals surface area contributed by atoms with Crippen molar-refractivity contribution in [2.45, 2.75) is 6.92 Å². The van der Waals surface area contributed by atoms with Gasteiger partial charge in [-0.3, -0.25) is 4.79 Å². The zero-order valence-electron chi connectivity index (χ0n) is 8.40. The minimum Gasteiger partial charge on any atom is -0.756 e. The Bertz CT molecular complexity index is 347. The first kappa shape index (κ1) is 10.5. The molecule has 4 nitrogen and oxygen atoms in total. The summed E-state index contributed by atoms with van der Waals surface area (Å²) < 4.78 is 5.04. The third kappa shape index (κ3) is 2.03. The van der Waals surface area contributed by atoms with Crippen molar-refractivity contribution in [1.29, 1.82) is 0 Å². The van der Waals surface area contributed by atoms with E-state index < -0.39 is 5.91 Å². The summed E-state index contributed by atoms with van der Waals surface area (Å²) in [6, 6.07) is 4.91. The van der Waals surface area contributed by atoms with Crippen LogP contribution in [0.4, 0.5) is 0 Å². The summed E-state index contributed by atoms with van der Waals surface area (Å²) in [7, 11) is 2.70. The molecule has 0 saturated heterocycles. The van der Waals surface area contributed by atoms with Crippen molar-refractivity contribution in [2.75, 3.05) is 14.2 Å². The van der Waals surface area contributed by atoms with Gasteiger partial charge in [0.1, 0.15) is 5.75 Å². The molecule has 0 heterocycles. The Morgan fingerprint density at radius 3 is 2.64 bits per heavy atom. The minimum atomic E-state index is -0.566. The lowest BCUT2D eigenvalue weighted by molar-refractivity contribution is 0.0850. The fourth-order valence-corrected chi connectivity index (χ4v) is 1.13. The first-order chi connectivity index (χ1) is 6.56. The van der Waals surface area contributed by atoms with Crippen LogP contribution in [0.5, 0.6) is 5.75 Å². The third-order valence-electron chi connectivity index (χ3n) is 1.94. The monoisotopic (exact) mass is 194 g/mol. The Morgan fingerprint density at radius 1 is 1.50 bits per heavy atom. The summed E-state index contributed by atoms with van der Waals surface area (Å²) >= 11 is 0. The van der Waals surface area contributed by atoms with Crippen LogP contribution in [0.15, 0.2) is 18.2 Å². The predicted octanol–water partition coefficient (Wildman–Crippen LogP) is 1.57. The van der Waals surface area contributed by atoms with Crippen LogP contribution in [-0.2, 0) is 0 Å². The molecule has 4 heteroatoms. The lowest BCUT2D eigenvalue weighted by Gasteiger charge is -2.22. The van der Waals surface area contributed by atoms with Crippen molar-refractivity contribution in [2.24, 2.45) is 0 Å². The number of rotatable bonds is 2. The molecule has 1 rings (SSSR count). The highest BCUT2D eigenvalue weighted by molar-refractivity contribution is 5.94. The van der Waals surface area contributed by atoms with E-state index in [0.29, 0.717) is 16.4 Å². The highest BCUT2D eigenvalue weighted by Crippen LogP contribution is 2.19. The van der Waals surface area contributed by atoms with Gasteiger partial charge in [-0.1, -0.05) is 6.07 Å². The topological polar surface area (TPSA) is 52.6 Å². The van der Waals surface area contributed by atoms with Crippen molar-refractivity contribution in [3.8, 4) is 5.75 Å². The largest absolute Gasteiger partial charge is 0.756 e. The highest BCUT2D eigenvalue weighted by atomic mass is 16.5. The van der Waals surface area contributed by atoms with Crippen molar-refractivity contribution in [1.82, 2.24) is 5.06 Å². The molecule has 14 heavy (non-hydrogen) atoms. The van der Waals surface area contributed by atoms with Crippen LogP contribution in [0.2, 0.25) is 0 Å². The number of ether oxygens (including phenoxy) is 1. The van der Waals surface area contributed by atoms with Gasteiger partial charge in [0.25, 0.3) is 0 Å². The molecule has 1 amide bonds. The first-order valence-electron chi connectivity index (χ1n) is 4.16. The molecule has 0 aliphatic carbocycles. The average Bonchev–Trinajstić information content (AvgIpc) is 2.17. The van der Waals surface area contributed by atoms with E-state index in [1.54, 1.807) is 18.2 Å². The lowest BCUT2D eigenvalue weighted by Crippen LogP contribution is -2.19. The fourth-order valence-electron chi connectivity index (χ4n) is 1.13. The molecule has 0 atom stereocenters. The highest BCUT2D eigenvalue weighted by Gasteiger charge is 2.07. The van der Waals surface area contributed by atoms with Gasteiger partial charge in [-0.05, 0) is 31.7 Å². The molecule has 0 radical (unpaired) electrons. The Kier molecular flexibility index (Phi) is 3.09. The van der Waals surface area contributed by atoms with Gasteiger partial charge in [0.15, 0.2) is 0 Å². The number of hydrogen-bond acceptors (Lipinski definition) is 3. The first-order valence-corrected chi connectivity index (χ1v) is 4.16. The number of amides is 1. The molecule has 0 aliphatic heterocycles. The summed E-state index contributed by atoms with van der Waals surface area (Å²) in [4.78, 5) is 11.3. The summed E-state index contributed by atoms with van der Waals surface area (Å²) in [5.74, 6) is 0.0426. The second kappa shape index (κ2) is 4.11. The quantitative estimate of drug-likeness (QED) is 0.671. The van der Waals surface area contributed by atoms with E-state index in [1.165, 1.54) is 14.2 Å². The summed E-state index contributed by atoms with van der Waals surface area (Å²) in [5, 5.41) is 11.1. The second-order valence-corrected chi connectivity index (χ2v) is 2.99. The second-order valence-electron chi connectivity index (χ2n) is 2.99. The summed E-state index contributed by atoms with van der Waals surface area (Å²) in [5.41, 5.74) is 1.27. The Morgan fingerprint density at radius 2 is 2.14 bits per heavy atom. The van der Waals surface area contributed by atoms with E-state index in [0.717, 1.165) is 5.56 Å². The zero-order chi connectivity index (χ0) is 10.7. The van der Waals surface area contributed by atoms with Gasteiger partial charge in [-0.25, -0.2) is 0 Å². The summed E-state index contributed by atoms with van der Waals surface area (Å²) in [6.45, 7) is 1.87. The normalized spacial score (nSPS) is 9.71. The molecule has 1 aromatic carbocycles. The molecule has 1 aromatic rings. The van der Waals surface area contributed by atoms with Gasteiger partial charge in [-0.2, -0.15) is 0 Å². The van der Waals surface area contributed by atoms with Crippen molar-refractivity contribution in [3.05, 3.63) is 34.5 Å². The number of nitrogens with zero attached hydrogens (tertiary/aromatic N) is 1. The maximum absolute atomic E-state index is 11.3. The van der Waals surface area contributed by atoms with E-state index in [2.05, 4.69) is 0 Å². The van der Waals surface area contributed by atoms with Crippen molar-refractivity contribution >= 4 is 5.91 Å². The Labute approximate surface area is 82.7 Å². The van der Waals surface area contributed by atoms with Crippen LogP contribution in [-0.4, -0.2) is 25.1 Å². The van der Waals surface area contributed by atoms with Crippen LogP contribution in [0.1, 0.15) is 15.9 Å². The maximum atomic E-state index is 11.3. The molecule has 0 unspecified atom stereocenters. The van der Waals surface area contributed by atoms with Gasteiger partial charge in [0.05, 0.1) is 7.11 Å². The van der Waals surface area contributed by atoms with E-state index in [1.807, 2.05) is 6.92 Å². The molecule has 0 fully saturated rings. The number of hydrogen-bond donors (Lipinski definition) is 0. The number of methoxy groups -OCH3 is 1. The predicted molar refractivity (Wildman–Crippen MR) is 53.2 cm³/mol. The molecular weight excluding hydrogens is 182 g/mol. The van der Waals surface area contributed by atoms with Gasteiger partial charge in [0.2, 0.25) is 5.91 Å². The van der Waals surface area contributed by atoms with Crippen LogP contribution >= 0.6 is 0 Å². The van der Waals surface area contributed by atoms with Crippen LogP contribution in [0.25, 0.3) is 0 Å². The molecule has 0 spiro atoms. The van der Waals surface area contributed by atoms with Gasteiger partial charge < -0.3 is 15.0 Å². The van der Waals surface area contributed by atoms with Crippen LogP contribution in [0.3, 0.4) is 0 Å². The van der Waals surface area contributed by atoms with E-state index in [-0.39, 0.29) is 0 Å². The van der Waals surface area contributed by atoms with E-state index in [4.69, 9.17) is 4.74 Å². The van der Waals surface area contributed by atoms with Gasteiger partial charge in [0, 0.05) is 5.56 Å². The SMILES string of the molecule is COc1cc(C(=O)N(C)[O-])ccc1C. The van der Waals surface area contributed by atoms with Crippen LogP contribution in [0, 0.1) is 12.1 Å². The number of benzene rings is 1. The molecule has 0 bridgehead atoms. The smallest absolute Gasteiger partial charge is 0.243 e. The number of carbonyl (C=O) groups is 1. The average molecular weight is 194 g/mol. The molecule has 0 saturated carbocycles. The van der Waals surface area contributed by atoms with Crippen LogP contribution < -0.4 is 4.74 Å². The van der Waals surface area contributed by atoms with Crippen molar-refractivity contribution < 1.29 is 9.53 Å². The Balaban J connectivity index is 3.06. The lowest BCUT2D eigenvalue weighted by atomic mass is 10.1. The van der Waals surface area contributed by atoms with Crippen molar-refractivity contribution in [3.63, 3.8) is 0 Å². The van der Waals surface area contributed by atoms with E-state index in [9.17, 15) is 10.0 Å². The minimum absolute atomic E-state index is 0.296. The maximum Gasteiger partial charge on any atom is 0.243 e. The molecule has 0 N–H and O–H groups in total. The number of carbonyl (C=O) groups excluding carboxylic acids is 1. The van der Waals surface area contributed by atoms with Gasteiger partial charge >= 0.3 is 0 Å². The molecular formula is C10H12NO3-. The standard InChI is InChI=1S/C10H12NO3/c1-7-4-5-8(6-9(7)14-3)10(12)11(2)13/h4-6H,1-3H3/q-1.